The lowest BCUT2D eigenvalue weighted by Crippen LogP contribution is -2.41. The maximum atomic E-state index is 10.4. The topological polar surface area (TPSA) is 110 Å². The molecule has 0 aromatic heterocycles. The molecule has 0 amide bonds. The summed E-state index contributed by atoms with van der Waals surface area (Å²) in [6.45, 7) is 4.38. The minimum absolute atomic E-state index is 0.0459. The van der Waals surface area contributed by atoms with Crippen molar-refractivity contribution in [3.05, 3.63) is 0 Å². The van der Waals surface area contributed by atoms with Crippen molar-refractivity contribution in [2.75, 3.05) is 47.4 Å². The Hall–Kier alpha value is -0.0100. The molecule has 0 rings (SSSR count). The molecule has 5 N–H and O–H groups in total. The van der Waals surface area contributed by atoms with Crippen molar-refractivity contribution in [3.8, 4) is 0 Å². The second-order valence-electron chi connectivity index (χ2n) is 7.84. The van der Waals surface area contributed by atoms with E-state index in [1.54, 1.807) is 21.1 Å². The highest BCUT2D eigenvalue weighted by Gasteiger charge is 2.31. The molecule has 0 fully saturated rings. The molecule has 160 valence electrons. The maximum absolute atomic E-state index is 10.4. The Morgan fingerprint density at radius 1 is 0.885 bits per heavy atom. The molecular formula is C18H44N2O5P+. The van der Waals surface area contributed by atoms with Crippen LogP contribution in [0.5, 0.6) is 0 Å². The summed E-state index contributed by atoms with van der Waals surface area (Å²) in [5, 5.41) is 20.7. The van der Waals surface area contributed by atoms with E-state index in [0.29, 0.717) is 4.48 Å². The summed E-state index contributed by atoms with van der Waals surface area (Å²) in [4.78, 5) is 17.0. The number of rotatable bonds is 15. The van der Waals surface area contributed by atoms with Gasteiger partial charge < -0.3 is 29.8 Å². The van der Waals surface area contributed by atoms with Gasteiger partial charge in [0.15, 0.2) is 0 Å². The van der Waals surface area contributed by atoms with Crippen molar-refractivity contribution in [3.63, 3.8) is 0 Å². The summed E-state index contributed by atoms with van der Waals surface area (Å²) in [5.74, 6) is -1.55. The first-order valence-electron chi connectivity index (χ1n) is 9.90. The molecule has 1 unspecified atom stereocenters. The van der Waals surface area contributed by atoms with E-state index in [-0.39, 0.29) is 13.2 Å². The van der Waals surface area contributed by atoms with Crippen LogP contribution in [0.1, 0.15) is 64.7 Å². The summed E-state index contributed by atoms with van der Waals surface area (Å²) in [6, 6.07) is 0. The molecule has 7 nitrogen and oxygen atoms in total. The van der Waals surface area contributed by atoms with E-state index in [0.717, 1.165) is 13.1 Å². The number of aliphatic hydroxyl groups excluding tert-OH is 2. The first-order chi connectivity index (χ1) is 12.0. The molecule has 0 aliphatic heterocycles. The SMILES string of the molecule is CCCCCCCCCCCNCCO.C[N+](C)(C)CC(O)P(=O)(O)O. The smallest absolute Gasteiger partial charge is 0.359 e. The number of nitrogens with zero attached hydrogens (tertiary/aromatic N) is 1. The van der Waals surface area contributed by atoms with Crippen molar-refractivity contribution in [2.24, 2.45) is 0 Å². The van der Waals surface area contributed by atoms with Crippen LogP contribution in [0, 0.1) is 0 Å². The Labute approximate surface area is 160 Å². The van der Waals surface area contributed by atoms with E-state index >= 15 is 0 Å². The predicted molar refractivity (Wildman–Crippen MR) is 108 cm³/mol. The number of likely N-dealkylation sites (N-methyl/N-ethyl adjacent to an activating group) is 1. The van der Waals surface area contributed by atoms with Crippen LogP contribution in [0.25, 0.3) is 0 Å². The average Bonchev–Trinajstić information content (AvgIpc) is 2.51. The Balaban J connectivity index is 0. The summed E-state index contributed by atoms with van der Waals surface area (Å²) >= 11 is 0. The third-order valence-electron chi connectivity index (χ3n) is 3.84. The monoisotopic (exact) mass is 399 g/mol. The summed E-state index contributed by atoms with van der Waals surface area (Å²) < 4.78 is 10.8. The zero-order valence-corrected chi connectivity index (χ0v) is 18.3. The van der Waals surface area contributed by atoms with Gasteiger partial charge in [-0.2, -0.15) is 0 Å². The van der Waals surface area contributed by atoms with Gasteiger partial charge in [-0.1, -0.05) is 58.3 Å². The fourth-order valence-electron chi connectivity index (χ4n) is 2.36. The average molecular weight is 400 g/mol. The molecule has 0 radical (unpaired) electrons. The van der Waals surface area contributed by atoms with Gasteiger partial charge in [-0.25, -0.2) is 0 Å². The lowest BCUT2D eigenvalue weighted by molar-refractivity contribution is -0.872. The lowest BCUT2D eigenvalue weighted by atomic mass is 10.1. The molecule has 0 spiro atoms. The molecule has 0 aliphatic rings. The van der Waals surface area contributed by atoms with E-state index in [4.69, 9.17) is 20.0 Å². The van der Waals surface area contributed by atoms with Crippen LogP contribution in [0.3, 0.4) is 0 Å². The van der Waals surface area contributed by atoms with Crippen LogP contribution in [-0.2, 0) is 4.57 Å². The van der Waals surface area contributed by atoms with Gasteiger partial charge in [0, 0.05) is 6.54 Å². The molecule has 0 saturated carbocycles. The van der Waals surface area contributed by atoms with Crippen molar-refractivity contribution in [1.82, 2.24) is 5.32 Å². The number of unbranched alkanes of at least 4 members (excludes halogenated alkanes) is 8. The molecule has 0 bridgehead atoms. The first kappa shape index (κ1) is 28.2. The molecule has 0 aromatic rings. The quantitative estimate of drug-likeness (QED) is 0.164. The largest absolute Gasteiger partial charge is 0.395 e. The Morgan fingerprint density at radius 2 is 1.35 bits per heavy atom. The summed E-state index contributed by atoms with van der Waals surface area (Å²) in [5.41, 5.74) is 0. The van der Waals surface area contributed by atoms with Crippen LogP contribution < -0.4 is 5.32 Å². The van der Waals surface area contributed by atoms with Crippen LogP contribution in [-0.4, -0.2) is 77.7 Å². The van der Waals surface area contributed by atoms with Crippen molar-refractivity contribution < 1.29 is 29.0 Å². The third-order valence-corrected chi connectivity index (χ3v) is 4.78. The fraction of sp³-hybridized carbons (Fsp3) is 1.00. The molecule has 26 heavy (non-hydrogen) atoms. The predicted octanol–water partition coefficient (Wildman–Crippen LogP) is 2.29. The van der Waals surface area contributed by atoms with Gasteiger partial charge >= 0.3 is 7.60 Å². The van der Waals surface area contributed by atoms with Gasteiger partial charge in [-0.3, -0.25) is 4.57 Å². The van der Waals surface area contributed by atoms with Crippen molar-refractivity contribution in [2.45, 2.75) is 70.6 Å². The van der Waals surface area contributed by atoms with Gasteiger partial charge in [0.1, 0.15) is 6.54 Å². The second-order valence-corrected chi connectivity index (χ2v) is 9.62. The molecule has 0 aromatic carbocycles. The highest BCUT2D eigenvalue weighted by atomic mass is 31.2. The maximum Gasteiger partial charge on any atom is 0.359 e. The summed E-state index contributed by atoms with van der Waals surface area (Å²) in [6.07, 6.45) is 12.4. The van der Waals surface area contributed by atoms with Gasteiger partial charge in [0.05, 0.1) is 27.7 Å². The van der Waals surface area contributed by atoms with Crippen molar-refractivity contribution >= 4 is 7.60 Å². The van der Waals surface area contributed by atoms with Crippen molar-refractivity contribution in [1.29, 1.82) is 0 Å². The van der Waals surface area contributed by atoms with Gasteiger partial charge in [-0.05, 0) is 13.0 Å². The number of aliphatic hydroxyl groups is 2. The number of hydrogen-bond donors (Lipinski definition) is 5. The number of nitrogens with one attached hydrogen (secondary N) is 1. The molecule has 0 heterocycles. The number of hydrogen-bond acceptors (Lipinski definition) is 4. The Bertz CT molecular complexity index is 333. The van der Waals surface area contributed by atoms with Crippen LogP contribution >= 0.6 is 7.60 Å². The minimum Gasteiger partial charge on any atom is -0.395 e. The highest BCUT2D eigenvalue weighted by Crippen LogP contribution is 2.39. The van der Waals surface area contributed by atoms with Gasteiger partial charge in [0.25, 0.3) is 0 Å². The van der Waals surface area contributed by atoms with E-state index in [9.17, 15) is 4.57 Å². The Kier molecular flexibility index (Phi) is 18.6. The Morgan fingerprint density at radius 3 is 1.69 bits per heavy atom. The zero-order chi connectivity index (χ0) is 20.5. The molecule has 1 atom stereocenters. The van der Waals surface area contributed by atoms with Gasteiger partial charge in [-0.15, -0.1) is 0 Å². The third kappa shape index (κ3) is 24.0. The van der Waals surface area contributed by atoms with E-state index in [2.05, 4.69) is 12.2 Å². The van der Waals surface area contributed by atoms with Crippen LogP contribution in [0.2, 0.25) is 0 Å². The van der Waals surface area contributed by atoms with Crippen LogP contribution in [0.15, 0.2) is 0 Å². The van der Waals surface area contributed by atoms with E-state index in [1.807, 2.05) is 0 Å². The molecular weight excluding hydrogens is 355 g/mol. The van der Waals surface area contributed by atoms with Crippen LogP contribution in [0.4, 0.5) is 0 Å². The standard InChI is InChI=1S/C13H29NO.C5H14NO4P/c1-2-3-4-5-6-7-8-9-10-11-14-12-13-15;1-6(2,3)4-5(7)11(8,9)10/h14-15H,2-13H2,1H3;5,7H,4H2,1-3H3,(H-,8,9,10)/p+1. The molecule has 0 aliphatic carbocycles. The number of quaternary nitrogens is 1. The van der Waals surface area contributed by atoms with E-state index in [1.165, 1.54) is 57.8 Å². The normalized spacial score (nSPS) is 13.2. The lowest BCUT2D eigenvalue weighted by Gasteiger charge is -2.26. The summed E-state index contributed by atoms with van der Waals surface area (Å²) in [7, 11) is 0.933. The second kappa shape index (κ2) is 17.1. The first-order valence-corrected chi connectivity index (χ1v) is 11.6. The van der Waals surface area contributed by atoms with E-state index < -0.39 is 13.4 Å². The highest BCUT2D eigenvalue weighted by molar-refractivity contribution is 7.52. The molecule has 0 saturated heterocycles. The van der Waals surface area contributed by atoms with Gasteiger partial charge in [0.2, 0.25) is 5.85 Å². The zero-order valence-electron chi connectivity index (χ0n) is 17.4. The fourth-order valence-corrected chi connectivity index (χ4v) is 3.06. The molecule has 8 heteroatoms. The minimum atomic E-state index is -4.31.